The minimum Gasteiger partial charge on any atom is -0.454 e. The van der Waals surface area contributed by atoms with Gasteiger partial charge in [-0.1, -0.05) is 25.7 Å². The summed E-state index contributed by atoms with van der Waals surface area (Å²) in [4.78, 5) is 48.7. The number of hydrogen-bond donors (Lipinski definition) is 2. The highest BCUT2D eigenvalue weighted by atomic mass is 16.5. The smallest absolute Gasteiger partial charge is 0.326 e. The van der Waals surface area contributed by atoms with Crippen LogP contribution in [0.2, 0.25) is 0 Å². The van der Waals surface area contributed by atoms with Gasteiger partial charge in [-0.2, -0.15) is 0 Å². The van der Waals surface area contributed by atoms with E-state index in [0.717, 1.165) is 24.2 Å². The van der Waals surface area contributed by atoms with E-state index in [2.05, 4.69) is 16.6 Å². The zero-order valence-electron chi connectivity index (χ0n) is 13.6. The van der Waals surface area contributed by atoms with Crippen molar-refractivity contribution in [3.8, 4) is 12.3 Å². The van der Waals surface area contributed by atoms with Crippen molar-refractivity contribution in [2.75, 3.05) is 19.7 Å². The van der Waals surface area contributed by atoms with Crippen molar-refractivity contribution in [2.45, 2.75) is 38.1 Å². The number of nitrogens with zero attached hydrogens (tertiary/aromatic N) is 1. The van der Waals surface area contributed by atoms with E-state index >= 15 is 0 Å². The van der Waals surface area contributed by atoms with E-state index < -0.39 is 42.5 Å². The molecule has 0 aromatic rings. The van der Waals surface area contributed by atoms with E-state index in [-0.39, 0.29) is 12.5 Å². The van der Waals surface area contributed by atoms with Crippen molar-refractivity contribution < 1.29 is 23.9 Å². The molecule has 1 saturated heterocycles. The molecule has 0 bridgehead atoms. The third kappa shape index (κ3) is 3.50. The molecular weight excluding hydrogens is 314 g/mol. The maximum Gasteiger partial charge on any atom is 0.326 e. The van der Waals surface area contributed by atoms with Crippen LogP contribution < -0.4 is 10.6 Å². The van der Waals surface area contributed by atoms with Crippen LogP contribution in [0.3, 0.4) is 0 Å². The van der Waals surface area contributed by atoms with Gasteiger partial charge in [-0.05, 0) is 18.8 Å². The van der Waals surface area contributed by atoms with Crippen molar-refractivity contribution in [1.29, 1.82) is 0 Å². The largest absolute Gasteiger partial charge is 0.454 e. The summed E-state index contributed by atoms with van der Waals surface area (Å²) in [7, 11) is 0. The topological polar surface area (TPSA) is 105 Å². The third-order valence-corrected chi connectivity index (χ3v) is 4.54. The summed E-state index contributed by atoms with van der Waals surface area (Å²) in [5.41, 5.74) is -0.917. The zero-order valence-corrected chi connectivity index (χ0v) is 13.6. The molecule has 2 atom stereocenters. The molecule has 1 aliphatic heterocycles. The summed E-state index contributed by atoms with van der Waals surface area (Å²) >= 11 is 0. The normalized spacial score (nSPS) is 26.0. The fourth-order valence-corrected chi connectivity index (χ4v) is 3.16. The number of hydrogen-bond acceptors (Lipinski definition) is 5. The Bertz CT molecular complexity index is 597. The van der Waals surface area contributed by atoms with E-state index in [1.807, 2.05) is 6.92 Å². The summed E-state index contributed by atoms with van der Waals surface area (Å²) in [5, 5.41) is 5.08. The Balaban J connectivity index is 1.91. The molecule has 1 spiro atoms. The van der Waals surface area contributed by atoms with Gasteiger partial charge in [0.25, 0.3) is 11.8 Å². The lowest BCUT2D eigenvalue weighted by molar-refractivity contribution is -0.151. The predicted molar refractivity (Wildman–Crippen MR) is 83.4 cm³/mol. The lowest BCUT2D eigenvalue weighted by atomic mass is 9.73. The van der Waals surface area contributed by atoms with E-state index in [1.165, 1.54) is 0 Å². The van der Waals surface area contributed by atoms with Crippen LogP contribution in [0.1, 0.15) is 32.6 Å². The van der Waals surface area contributed by atoms with E-state index in [0.29, 0.717) is 6.42 Å². The number of esters is 1. The van der Waals surface area contributed by atoms with Crippen LogP contribution >= 0.6 is 0 Å². The Hall–Kier alpha value is -2.56. The van der Waals surface area contributed by atoms with E-state index in [4.69, 9.17) is 11.2 Å². The summed E-state index contributed by atoms with van der Waals surface area (Å²) < 4.78 is 4.77. The third-order valence-electron chi connectivity index (χ3n) is 4.54. The molecule has 0 radical (unpaired) electrons. The number of terminal acetylenes is 1. The number of ether oxygens (including phenoxy) is 1. The highest BCUT2D eigenvalue weighted by Gasteiger charge is 2.55. The van der Waals surface area contributed by atoms with E-state index in [9.17, 15) is 19.2 Å². The van der Waals surface area contributed by atoms with Crippen LogP contribution in [0.4, 0.5) is 4.79 Å². The molecule has 1 aliphatic carbocycles. The number of carbonyl (C=O) groups excluding carboxylic acids is 4. The first-order valence-electron chi connectivity index (χ1n) is 7.90. The van der Waals surface area contributed by atoms with Crippen molar-refractivity contribution in [3.05, 3.63) is 0 Å². The van der Waals surface area contributed by atoms with Crippen LogP contribution in [0.15, 0.2) is 0 Å². The maximum atomic E-state index is 12.7. The monoisotopic (exact) mass is 335 g/mol. The van der Waals surface area contributed by atoms with Gasteiger partial charge in [0.05, 0.1) is 6.54 Å². The Kier molecular flexibility index (Phi) is 5.44. The molecule has 2 rings (SSSR count). The molecule has 4 amide bonds. The van der Waals surface area contributed by atoms with Crippen LogP contribution in [-0.4, -0.2) is 54.0 Å². The predicted octanol–water partition coefficient (Wildman–Crippen LogP) is -0.220. The number of imide groups is 1. The molecule has 130 valence electrons. The minimum atomic E-state index is -0.917. The van der Waals surface area contributed by atoms with Gasteiger partial charge < -0.3 is 15.4 Å². The first kappa shape index (κ1) is 17.8. The summed E-state index contributed by atoms with van der Waals surface area (Å²) in [6, 6.07) is -0.595. The molecule has 0 aromatic heterocycles. The van der Waals surface area contributed by atoms with Crippen LogP contribution in [0, 0.1) is 18.3 Å². The summed E-state index contributed by atoms with van der Waals surface area (Å²) in [6.45, 7) is 0.937. The molecule has 1 saturated carbocycles. The SMILES string of the molecule is C#CCNC(=O)COC(=O)CN1C(=O)N[C@@]2(CCCC[C@@H]2C)C1=O. The number of amides is 4. The second-order valence-corrected chi connectivity index (χ2v) is 6.08. The highest BCUT2D eigenvalue weighted by Crippen LogP contribution is 2.38. The van der Waals surface area contributed by atoms with Crippen molar-refractivity contribution in [3.63, 3.8) is 0 Å². The quantitative estimate of drug-likeness (QED) is 0.411. The van der Waals surface area contributed by atoms with Gasteiger partial charge in [-0.3, -0.25) is 19.3 Å². The standard InChI is InChI=1S/C16H21N3O5/c1-3-8-17-12(20)10-24-13(21)9-19-14(22)16(18-15(19)23)7-5-4-6-11(16)2/h1,11H,4-10H2,2H3,(H,17,20)(H,18,23)/t11-,16+/m0/s1. The molecular formula is C16H21N3O5. The number of nitrogens with one attached hydrogen (secondary N) is 2. The van der Waals surface area contributed by atoms with Gasteiger partial charge in [0.2, 0.25) is 0 Å². The number of carbonyl (C=O) groups is 4. The molecule has 0 unspecified atom stereocenters. The van der Waals surface area contributed by atoms with Crippen molar-refractivity contribution >= 4 is 23.8 Å². The Morgan fingerprint density at radius 1 is 1.46 bits per heavy atom. The molecule has 2 aliphatic rings. The van der Waals surface area contributed by atoms with E-state index in [1.54, 1.807) is 0 Å². The lowest BCUT2D eigenvalue weighted by Gasteiger charge is -2.36. The fraction of sp³-hybridized carbons (Fsp3) is 0.625. The van der Waals surface area contributed by atoms with Crippen LogP contribution in [0.5, 0.6) is 0 Å². The van der Waals surface area contributed by atoms with Crippen LogP contribution in [-0.2, 0) is 19.1 Å². The molecule has 2 N–H and O–H groups in total. The van der Waals surface area contributed by atoms with Crippen molar-refractivity contribution in [1.82, 2.24) is 15.5 Å². The average molecular weight is 335 g/mol. The zero-order chi connectivity index (χ0) is 17.7. The first-order valence-corrected chi connectivity index (χ1v) is 7.90. The second-order valence-electron chi connectivity index (χ2n) is 6.08. The van der Waals surface area contributed by atoms with Crippen molar-refractivity contribution in [2.24, 2.45) is 5.92 Å². The van der Waals surface area contributed by atoms with Crippen LogP contribution in [0.25, 0.3) is 0 Å². The van der Waals surface area contributed by atoms with Gasteiger partial charge in [0.15, 0.2) is 6.61 Å². The van der Waals surface area contributed by atoms with Gasteiger partial charge in [-0.15, -0.1) is 6.42 Å². The summed E-state index contributed by atoms with van der Waals surface area (Å²) in [6.07, 6.45) is 8.27. The minimum absolute atomic E-state index is 0.0123. The highest BCUT2D eigenvalue weighted by molar-refractivity contribution is 6.09. The van der Waals surface area contributed by atoms with Gasteiger partial charge in [0, 0.05) is 0 Å². The Morgan fingerprint density at radius 2 is 2.21 bits per heavy atom. The second kappa shape index (κ2) is 7.34. The molecule has 1 heterocycles. The number of rotatable bonds is 5. The first-order chi connectivity index (χ1) is 11.4. The van der Waals surface area contributed by atoms with Gasteiger partial charge >= 0.3 is 12.0 Å². The van der Waals surface area contributed by atoms with Gasteiger partial charge in [-0.25, -0.2) is 4.79 Å². The molecule has 0 aromatic carbocycles. The number of urea groups is 1. The Morgan fingerprint density at radius 3 is 2.88 bits per heavy atom. The Labute approximate surface area is 140 Å². The molecule has 8 nitrogen and oxygen atoms in total. The van der Waals surface area contributed by atoms with Gasteiger partial charge in [0.1, 0.15) is 12.1 Å². The molecule has 8 heteroatoms. The lowest BCUT2D eigenvalue weighted by Crippen LogP contribution is -2.54. The fourth-order valence-electron chi connectivity index (χ4n) is 3.16. The average Bonchev–Trinajstić information content (AvgIpc) is 2.79. The maximum absolute atomic E-state index is 12.7. The molecule has 24 heavy (non-hydrogen) atoms. The molecule has 2 fully saturated rings. The summed E-state index contributed by atoms with van der Waals surface area (Å²) in [5.74, 6) is 0.463.